The maximum atomic E-state index is 12.4. The number of hydrogen-bond acceptors (Lipinski definition) is 7. The first-order valence-electron chi connectivity index (χ1n) is 8.01. The number of amides is 2. The zero-order chi connectivity index (χ0) is 20.3. The number of thioether (sulfide) groups is 1. The van der Waals surface area contributed by atoms with Gasteiger partial charge in [-0.25, -0.2) is 0 Å². The Kier molecular flexibility index (Phi) is 6.92. The minimum absolute atomic E-state index is 0.179. The summed E-state index contributed by atoms with van der Waals surface area (Å²) in [7, 11) is 0. The number of benzene rings is 1. The second kappa shape index (κ2) is 9.21. The second-order valence-electron chi connectivity index (χ2n) is 5.41. The molecule has 1 saturated heterocycles. The highest BCUT2D eigenvalue weighted by Gasteiger charge is 2.37. The molecule has 2 aromatic rings. The molecule has 10 heteroatoms. The van der Waals surface area contributed by atoms with E-state index in [0.29, 0.717) is 20.3 Å². The average molecular weight is 503 g/mol. The highest BCUT2D eigenvalue weighted by atomic mass is 79.9. The van der Waals surface area contributed by atoms with Crippen molar-refractivity contribution in [2.24, 2.45) is 0 Å². The summed E-state index contributed by atoms with van der Waals surface area (Å²) in [6.45, 7) is 1.43. The third-order valence-corrected chi connectivity index (χ3v) is 6.45. The second-order valence-corrected chi connectivity index (χ2v) is 8.74. The molecule has 0 N–H and O–H groups in total. The van der Waals surface area contributed by atoms with Crippen LogP contribution < -0.4 is 0 Å². The fourth-order valence-electron chi connectivity index (χ4n) is 2.22. The number of furan rings is 1. The predicted molar refractivity (Wildman–Crippen MR) is 111 cm³/mol. The molecule has 0 atom stereocenters. The molecule has 3 rings (SSSR count). The van der Waals surface area contributed by atoms with Gasteiger partial charge in [0.05, 0.1) is 16.0 Å². The Bertz CT molecular complexity index is 957. The van der Waals surface area contributed by atoms with Gasteiger partial charge in [-0.15, -0.1) is 0 Å². The van der Waals surface area contributed by atoms with Crippen LogP contribution in [0.25, 0.3) is 6.08 Å². The molecule has 1 aromatic heterocycles. The summed E-state index contributed by atoms with van der Waals surface area (Å²) >= 11 is 11.5. The van der Waals surface area contributed by atoms with Crippen LogP contribution in [0.2, 0.25) is 5.02 Å². The molecule has 1 aliphatic heterocycles. The van der Waals surface area contributed by atoms with Crippen molar-refractivity contribution in [3.63, 3.8) is 0 Å². The molecule has 2 heterocycles. The Morgan fingerprint density at radius 1 is 1.36 bits per heavy atom. The van der Waals surface area contributed by atoms with Crippen LogP contribution in [0.1, 0.15) is 12.7 Å². The maximum Gasteiger partial charge on any atom is 0.326 e. The third kappa shape index (κ3) is 5.02. The molecular formula is C18H13BrClNO5S2. The van der Waals surface area contributed by atoms with Crippen LogP contribution in [0.15, 0.2) is 54.1 Å². The summed E-state index contributed by atoms with van der Waals surface area (Å²) in [5.41, 5.74) is 0. The van der Waals surface area contributed by atoms with E-state index in [2.05, 4.69) is 15.9 Å². The maximum absolute atomic E-state index is 12.4. The van der Waals surface area contributed by atoms with E-state index in [1.54, 1.807) is 25.1 Å². The van der Waals surface area contributed by atoms with E-state index in [0.717, 1.165) is 21.6 Å². The molecule has 0 aliphatic carbocycles. The van der Waals surface area contributed by atoms with Crippen molar-refractivity contribution in [2.45, 2.75) is 16.9 Å². The summed E-state index contributed by atoms with van der Waals surface area (Å²) in [4.78, 5) is 38.0. The first kappa shape index (κ1) is 21.0. The smallest absolute Gasteiger partial charge is 0.326 e. The summed E-state index contributed by atoms with van der Waals surface area (Å²) < 4.78 is 11.3. The van der Waals surface area contributed by atoms with Crippen molar-refractivity contribution in [3.05, 3.63) is 50.5 Å². The molecule has 1 fully saturated rings. The Labute approximate surface area is 182 Å². The molecule has 1 aliphatic rings. The van der Waals surface area contributed by atoms with Crippen LogP contribution in [-0.4, -0.2) is 35.2 Å². The SMILES string of the molecule is CCOC(=O)CN1C(=O)S/C(=C/c2cc(Br)c(Sc3ccc(Cl)cc3)o2)C1=O. The van der Waals surface area contributed by atoms with Gasteiger partial charge >= 0.3 is 5.97 Å². The van der Waals surface area contributed by atoms with Crippen LogP contribution in [0.4, 0.5) is 4.79 Å². The van der Waals surface area contributed by atoms with Gasteiger partial charge in [0.2, 0.25) is 0 Å². The van der Waals surface area contributed by atoms with Gasteiger partial charge in [-0.1, -0.05) is 23.4 Å². The molecule has 0 saturated carbocycles. The highest BCUT2D eigenvalue weighted by Crippen LogP contribution is 2.38. The van der Waals surface area contributed by atoms with Crippen LogP contribution in [-0.2, 0) is 14.3 Å². The normalized spacial score (nSPS) is 15.5. The lowest BCUT2D eigenvalue weighted by Crippen LogP contribution is -2.34. The van der Waals surface area contributed by atoms with E-state index < -0.39 is 23.7 Å². The number of esters is 1. The van der Waals surface area contributed by atoms with E-state index in [-0.39, 0.29) is 11.5 Å². The lowest BCUT2D eigenvalue weighted by atomic mass is 10.3. The molecule has 1 aromatic carbocycles. The molecule has 28 heavy (non-hydrogen) atoms. The predicted octanol–water partition coefficient (Wildman–Crippen LogP) is 5.45. The van der Waals surface area contributed by atoms with Crippen molar-refractivity contribution in [3.8, 4) is 0 Å². The standard InChI is InChI=1S/C18H13BrClNO5S2/c1-2-25-15(22)9-21-16(23)14(28-18(21)24)8-11-7-13(19)17(26-11)27-12-5-3-10(20)4-6-12/h3-8H,2,9H2,1H3/b14-8+. The molecule has 2 amide bonds. The zero-order valence-corrected chi connectivity index (χ0v) is 18.4. The lowest BCUT2D eigenvalue weighted by Gasteiger charge is -2.10. The zero-order valence-electron chi connectivity index (χ0n) is 14.4. The number of hydrogen-bond donors (Lipinski definition) is 0. The van der Waals surface area contributed by atoms with E-state index >= 15 is 0 Å². The monoisotopic (exact) mass is 501 g/mol. The Morgan fingerprint density at radius 2 is 2.07 bits per heavy atom. The van der Waals surface area contributed by atoms with Crippen molar-refractivity contribution in [2.75, 3.05) is 13.2 Å². The van der Waals surface area contributed by atoms with Crippen LogP contribution >= 0.6 is 51.1 Å². The van der Waals surface area contributed by atoms with Crippen molar-refractivity contribution >= 4 is 74.2 Å². The van der Waals surface area contributed by atoms with E-state index in [4.69, 9.17) is 20.8 Å². The Balaban J connectivity index is 1.75. The van der Waals surface area contributed by atoms with Gasteiger partial charge in [-0.3, -0.25) is 19.3 Å². The largest absolute Gasteiger partial charge is 0.465 e. The molecule has 0 spiro atoms. The number of imide groups is 1. The molecular weight excluding hydrogens is 490 g/mol. The number of rotatable bonds is 6. The van der Waals surface area contributed by atoms with E-state index in [9.17, 15) is 14.4 Å². The molecule has 146 valence electrons. The number of carbonyl (C=O) groups excluding carboxylic acids is 3. The Hall–Kier alpha value is -1.68. The van der Waals surface area contributed by atoms with Gasteiger partial charge in [0.25, 0.3) is 11.1 Å². The topological polar surface area (TPSA) is 76.8 Å². The van der Waals surface area contributed by atoms with E-state index in [1.807, 2.05) is 12.1 Å². The van der Waals surface area contributed by atoms with Gasteiger partial charge in [0.15, 0.2) is 5.09 Å². The molecule has 0 unspecified atom stereocenters. The van der Waals surface area contributed by atoms with Crippen LogP contribution in [0.3, 0.4) is 0 Å². The summed E-state index contributed by atoms with van der Waals surface area (Å²) in [5.74, 6) is -0.777. The van der Waals surface area contributed by atoms with Gasteiger partial charge in [0.1, 0.15) is 12.3 Å². The number of nitrogens with zero attached hydrogens (tertiary/aromatic N) is 1. The van der Waals surface area contributed by atoms with Crippen molar-refractivity contribution in [1.82, 2.24) is 4.90 Å². The summed E-state index contributed by atoms with van der Waals surface area (Å²) in [5, 5.41) is 0.715. The summed E-state index contributed by atoms with van der Waals surface area (Å²) in [6.07, 6.45) is 1.48. The fourth-order valence-corrected chi connectivity index (χ4v) is 4.49. The van der Waals surface area contributed by atoms with Gasteiger partial charge in [-0.05, 0) is 64.9 Å². The summed E-state index contributed by atoms with van der Waals surface area (Å²) in [6, 6.07) is 8.99. The minimum atomic E-state index is -0.631. The molecule has 0 bridgehead atoms. The van der Waals surface area contributed by atoms with Crippen molar-refractivity contribution in [1.29, 1.82) is 0 Å². The van der Waals surface area contributed by atoms with Gasteiger partial charge < -0.3 is 9.15 Å². The lowest BCUT2D eigenvalue weighted by molar-refractivity contribution is -0.145. The van der Waals surface area contributed by atoms with Gasteiger partial charge in [-0.2, -0.15) is 0 Å². The van der Waals surface area contributed by atoms with Crippen LogP contribution in [0.5, 0.6) is 0 Å². The molecule has 6 nitrogen and oxygen atoms in total. The highest BCUT2D eigenvalue weighted by molar-refractivity contribution is 9.10. The fraction of sp³-hybridized carbons (Fsp3) is 0.167. The quantitative estimate of drug-likeness (QED) is 0.384. The minimum Gasteiger partial charge on any atom is -0.465 e. The number of ether oxygens (including phenoxy) is 1. The number of halogens is 2. The van der Waals surface area contributed by atoms with E-state index in [1.165, 1.54) is 17.8 Å². The van der Waals surface area contributed by atoms with Crippen LogP contribution in [0, 0.1) is 0 Å². The first-order chi connectivity index (χ1) is 13.4. The average Bonchev–Trinajstić information content (AvgIpc) is 3.11. The van der Waals surface area contributed by atoms with Crippen molar-refractivity contribution < 1.29 is 23.5 Å². The van der Waals surface area contributed by atoms with Gasteiger partial charge in [0, 0.05) is 16.0 Å². The third-order valence-electron chi connectivity index (χ3n) is 3.44. The molecule has 0 radical (unpaired) electrons. The first-order valence-corrected chi connectivity index (χ1v) is 10.8. The number of carbonyl (C=O) groups is 3. The Morgan fingerprint density at radius 3 is 2.75 bits per heavy atom.